The molecule has 5 aromatic rings. The third-order valence-corrected chi connectivity index (χ3v) is 8.47. The number of hydrogen-bond donors (Lipinski definition) is 0. The highest BCUT2D eigenvalue weighted by atomic mass is 35.5. The molecule has 0 spiro atoms. The molecule has 188 valence electrons. The number of hydrogen-bond acceptors (Lipinski definition) is 6. The highest BCUT2D eigenvalue weighted by Gasteiger charge is 2.18. The fourth-order valence-corrected chi connectivity index (χ4v) is 6.02. The summed E-state index contributed by atoms with van der Waals surface area (Å²) in [7, 11) is -1.23. The van der Waals surface area contributed by atoms with Crippen molar-refractivity contribution in [1.29, 1.82) is 0 Å². The van der Waals surface area contributed by atoms with E-state index >= 15 is 0 Å². The molecule has 9 heteroatoms. The zero-order chi connectivity index (χ0) is 26.0. The number of sulfone groups is 1. The average molecular weight is 549 g/mol. The highest BCUT2D eigenvalue weighted by Crippen LogP contribution is 2.37. The minimum atomic E-state index is -3.29. The van der Waals surface area contributed by atoms with Crippen LogP contribution in [0.25, 0.3) is 26.7 Å². The van der Waals surface area contributed by atoms with Gasteiger partial charge in [-0.15, -0.1) is 11.3 Å². The summed E-state index contributed by atoms with van der Waals surface area (Å²) in [6, 6.07) is 24.9. The van der Waals surface area contributed by atoms with E-state index in [4.69, 9.17) is 16.7 Å². The maximum atomic E-state index is 12.1. The number of rotatable bonds is 8. The summed E-state index contributed by atoms with van der Waals surface area (Å²) in [6.07, 6.45) is 4.82. The third kappa shape index (κ3) is 5.83. The Bertz CT molecular complexity index is 1650. The number of nitrogens with zero attached hydrogens (tertiary/aromatic N) is 4. The van der Waals surface area contributed by atoms with E-state index < -0.39 is 9.84 Å². The Labute approximate surface area is 225 Å². The molecule has 0 radical (unpaired) electrons. The van der Waals surface area contributed by atoms with Crippen LogP contribution in [0.5, 0.6) is 0 Å². The third-order valence-electron chi connectivity index (χ3n) is 5.88. The lowest BCUT2D eigenvalue weighted by atomic mass is 10.2. The second kappa shape index (κ2) is 10.6. The van der Waals surface area contributed by atoms with Crippen LogP contribution in [-0.2, 0) is 22.9 Å². The molecular formula is C28H25ClN4O2S2. The first kappa shape index (κ1) is 25.4. The van der Waals surface area contributed by atoms with E-state index in [1.807, 2.05) is 59.3 Å². The molecule has 6 nitrogen and oxygen atoms in total. The van der Waals surface area contributed by atoms with Crippen molar-refractivity contribution in [2.24, 2.45) is 0 Å². The molecule has 0 unspecified atom stereocenters. The molecule has 0 aliphatic carbocycles. The normalized spacial score (nSPS) is 11.8. The van der Waals surface area contributed by atoms with Crippen molar-refractivity contribution in [2.75, 3.05) is 13.3 Å². The smallest absolute Gasteiger partial charge is 0.175 e. The zero-order valence-electron chi connectivity index (χ0n) is 20.4. The van der Waals surface area contributed by atoms with Crippen molar-refractivity contribution in [1.82, 2.24) is 19.7 Å². The molecule has 0 amide bonds. The summed E-state index contributed by atoms with van der Waals surface area (Å²) in [5.41, 5.74) is 4.69. The van der Waals surface area contributed by atoms with Gasteiger partial charge >= 0.3 is 0 Å². The van der Waals surface area contributed by atoms with E-state index in [-0.39, 0.29) is 0 Å². The summed E-state index contributed by atoms with van der Waals surface area (Å²) in [5, 5.41) is 5.55. The fraction of sp³-hybridized carbons (Fsp3) is 0.143. The van der Waals surface area contributed by atoms with Crippen molar-refractivity contribution in [3.63, 3.8) is 0 Å². The number of thiophene rings is 1. The van der Waals surface area contributed by atoms with Crippen LogP contribution in [0.15, 0.2) is 96.2 Å². The molecule has 0 N–H and O–H groups in total. The van der Waals surface area contributed by atoms with Crippen LogP contribution in [-0.4, -0.2) is 41.4 Å². The van der Waals surface area contributed by atoms with Crippen LogP contribution in [0.3, 0.4) is 0 Å². The molecule has 0 aliphatic heterocycles. The van der Waals surface area contributed by atoms with Gasteiger partial charge in [0.1, 0.15) is 0 Å². The Morgan fingerprint density at radius 1 is 0.919 bits per heavy atom. The maximum Gasteiger partial charge on any atom is 0.175 e. The SMILES string of the molecule is CN(Cc1ccncc1)Cc1cc(-c2ccc(-c3cccc(S(C)(=O)=O)c3)s2)n(-c2ccccc2Cl)n1. The van der Waals surface area contributed by atoms with Gasteiger partial charge in [-0.1, -0.05) is 35.9 Å². The second-order valence-corrected chi connectivity index (χ2v) is 12.4. The van der Waals surface area contributed by atoms with E-state index in [1.165, 1.54) is 11.8 Å². The first-order valence-electron chi connectivity index (χ1n) is 11.6. The fourth-order valence-electron chi connectivity index (χ4n) is 4.13. The second-order valence-electron chi connectivity index (χ2n) is 8.88. The number of pyridine rings is 1. The number of para-hydroxylation sites is 1. The van der Waals surface area contributed by atoms with E-state index in [1.54, 1.807) is 41.9 Å². The van der Waals surface area contributed by atoms with E-state index in [2.05, 4.69) is 23.0 Å². The molecule has 0 saturated heterocycles. The number of aromatic nitrogens is 3. The molecular weight excluding hydrogens is 524 g/mol. The van der Waals surface area contributed by atoms with Gasteiger partial charge in [-0.25, -0.2) is 13.1 Å². The van der Waals surface area contributed by atoms with Crippen molar-refractivity contribution in [3.05, 3.63) is 108 Å². The van der Waals surface area contributed by atoms with Crippen LogP contribution in [0.2, 0.25) is 5.02 Å². The average Bonchev–Trinajstić information content (AvgIpc) is 3.52. The quantitative estimate of drug-likeness (QED) is 0.226. The van der Waals surface area contributed by atoms with Crippen LogP contribution in [0, 0.1) is 0 Å². The Hall–Kier alpha value is -3.30. The zero-order valence-corrected chi connectivity index (χ0v) is 22.8. The van der Waals surface area contributed by atoms with Gasteiger partial charge in [0, 0.05) is 36.6 Å². The van der Waals surface area contributed by atoms with Gasteiger partial charge in [0.25, 0.3) is 0 Å². The summed E-state index contributed by atoms with van der Waals surface area (Å²) in [6.45, 7) is 1.43. The molecule has 0 aliphatic rings. The van der Waals surface area contributed by atoms with E-state index in [9.17, 15) is 8.42 Å². The Morgan fingerprint density at radius 2 is 1.68 bits per heavy atom. The predicted molar refractivity (Wildman–Crippen MR) is 150 cm³/mol. The summed E-state index contributed by atoms with van der Waals surface area (Å²) in [5.74, 6) is 0. The Morgan fingerprint density at radius 3 is 2.43 bits per heavy atom. The highest BCUT2D eigenvalue weighted by molar-refractivity contribution is 7.90. The molecule has 3 heterocycles. The maximum absolute atomic E-state index is 12.1. The lowest BCUT2D eigenvalue weighted by Gasteiger charge is -2.15. The first-order valence-corrected chi connectivity index (χ1v) is 14.7. The minimum absolute atomic E-state index is 0.306. The summed E-state index contributed by atoms with van der Waals surface area (Å²) in [4.78, 5) is 8.59. The van der Waals surface area contributed by atoms with Gasteiger partial charge in [0.2, 0.25) is 0 Å². The van der Waals surface area contributed by atoms with Crippen LogP contribution in [0.4, 0.5) is 0 Å². The Balaban J connectivity index is 1.50. The molecule has 0 atom stereocenters. The molecule has 0 saturated carbocycles. The molecule has 0 fully saturated rings. The standard InChI is InChI=1S/C28H25ClN4O2S2/c1-32(18-20-12-14-30-15-13-20)19-22-17-26(33(31-22)25-9-4-3-8-24(25)29)28-11-10-27(36-28)21-6-5-7-23(16-21)37(2,34)35/h3-17H,18-19H2,1-2H3. The monoisotopic (exact) mass is 548 g/mol. The van der Waals surface area contributed by atoms with Gasteiger partial charge < -0.3 is 0 Å². The van der Waals surface area contributed by atoms with E-state index in [0.29, 0.717) is 16.5 Å². The van der Waals surface area contributed by atoms with Gasteiger partial charge in [-0.3, -0.25) is 9.88 Å². The molecule has 37 heavy (non-hydrogen) atoms. The van der Waals surface area contributed by atoms with Crippen molar-refractivity contribution in [2.45, 2.75) is 18.0 Å². The predicted octanol–water partition coefficient (Wildman–Crippen LogP) is 6.35. The van der Waals surface area contributed by atoms with Crippen molar-refractivity contribution >= 4 is 32.8 Å². The van der Waals surface area contributed by atoms with Gasteiger partial charge in [0.05, 0.1) is 31.9 Å². The van der Waals surface area contributed by atoms with Crippen molar-refractivity contribution in [3.8, 4) is 26.7 Å². The summed E-state index contributed by atoms with van der Waals surface area (Å²) >= 11 is 8.16. The van der Waals surface area contributed by atoms with Crippen LogP contribution in [0.1, 0.15) is 11.3 Å². The van der Waals surface area contributed by atoms with Crippen LogP contribution >= 0.6 is 22.9 Å². The number of halogens is 1. The Kier molecular flexibility index (Phi) is 7.26. The van der Waals surface area contributed by atoms with Gasteiger partial charge in [-0.05, 0) is 72.8 Å². The molecule has 3 aromatic heterocycles. The number of benzene rings is 2. The topological polar surface area (TPSA) is 68.1 Å². The minimum Gasteiger partial charge on any atom is -0.296 e. The lowest BCUT2D eigenvalue weighted by molar-refractivity contribution is 0.314. The molecule has 5 rings (SSSR count). The summed E-state index contributed by atoms with van der Waals surface area (Å²) < 4.78 is 26.0. The lowest BCUT2D eigenvalue weighted by Crippen LogP contribution is -2.17. The van der Waals surface area contributed by atoms with Gasteiger partial charge in [-0.2, -0.15) is 5.10 Å². The van der Waals surface area contributed by atoms with Crippen molar-refractivity contribution < 1.29 is 8.42 Å². The first-order chi connectivity index (χ1) is 17.8. The molecule has 2 aromatic carbocycles. The van der Waals surface area contributed by atoms with Gasteiger partial charge in [0.15, 0.2) is 9.84 Å². The van der Waals surface area contributed by atoms with Crippen LogP contribution < -0.4 is 0 Å². The van der Waals surface area contributed by atoms with E-state index in [0.717, 1.165) is 38.9 Å². The molecule has 0 bridgehead atoms. The largest absolute Gasteiger partial charge is 0.296 e.